The van der Waals surface area contributed by atoms with Crippen molar-refractivity contribution in [2.24, 2.45) is 0 Å². The molecule has 0 spiro atoms. The van der Waals surface area contributed by atoms with Crippen LogP contribution in [0.5, 0.6) is 0 Å². The third-order valence-electron chi connectivity index (χ3n) is 25.8. The van der Waals surface area contributed by atoms with Crippen molar-refractivity contribution in [3.63, 3.8) is 0 Å². The maximum atomic E-state index is 5.15. The van der Waals surface area contributed by atoms with Gasteiger partial charge < -0.3 is 18.3 Å². The standard InChI is InChI=1S/C65H39N7.C52H33N7/c1-3-13-41(14-4-1)63-68-64(42-15-5-2-6-16-42)70-65(69-63)56-39-46-36-48(28-30-50(46)62-53(56)20-12-34-67-62)72-58-22-10-8-19-52(58)55-38-44(26-32-60(55)72)43-25-31-59-54(37-43)51-18-7-9-21-57(51)71(59)47-27-29-49-45(35-47)24-23-40-17-11-33-66-61(40)49;1-4-15-34(16-5-1)50-54-51(35-17-6-2-7-18-35)56-52(55-50)57-33-53-49-47(57)25-14-26-48(49)59-44-24-13-11-22-40(44)42-32-37(28-30-46(42)59)36-27-29-45-41(31-36)39-21-10-12-23-43(39)58(45)38-19-8-3-9-20-38/h1-39H;1-33H. The summed E-state index contributed by atoms with van der Waals surface area (Å²) >= 11 is 0. The first-order chi connectivity index (χ1) is 64.9. The first kappa shape index (κ1) is 74.4. The third-order valence-corrected chi connectivity index (χ3v) is 25.8. The molecule has 0 radical (unpaired) electrons. The van der Waals surface area contributed by atoms with Crippen molar-refractivity contribution in [2.75, 3.05) is 0 Å². The molecule has 0 bridgehead atoms. The summed E-state index contributed by atoms with van der Waals surface area (Å²) in [7, 11) is 0. The minimum atomic E-state index is 0.507. The van der Waals surface area contributed by atoms with Crippen LogP contribution >= 0.6 is 0 Å². The number of hydrogen-bond donors (Lipinski definition) is 0. The smallest absolute Gasteiger partial charge is 0.239 e. The van der Waals surface area contributed by atoms with Crippen molar-refractivity contribution in [3.8, 4) is 108 Å². The Morgan fingerprint density at radius 2 is 0.542 bits per heavy atom. The number of hydrogen-bond acceptors (Lipinski definition) is 9. The van der Waals surface area contributed by atoms with Crippen LogP contribution in [0.4, 0.5) is 0 Å². The van der Waals surface area contributed by atoms with Crippen molar-refractivity contribution in [1.29, 1.82) is 0 Å². The average molecular weight is 1670 g/mol. The van der Waals surface area contributed by atoms with Gasteiger partial charge in [-0.25, -0.2) is 24.9 Å². The lowest BCUT2D eigenvalue weighted by atomic mass is 9.99. The summed E-state index contributed by atoms with van der Waals surface area (Å²) in [6.45, 7) is 0. The van der Waals surface area contributed by atoms with E-state index in [2.05, 4.69) is 303 Å². The second-order valence-corrected chi connectivity index (χ2v) is 33.3. The number of pyridine rings is 2. The lowest BCUT2D eigenvalue weighted by molar-refractivity contribution is 0.923. The van der Waals surface area contributed by atoms with E-state index in [1.165, 1.54) is 87.2 Å². The van der Waals surface area contributed by atoms with Crippen molar-refractivity contribution >= 4 is 142 Å². The van der Waals surface area contributed by atoms with E-state index in [9.17, 15) is 0 Å². The van der Waals surface area contributed by atoms with Crippen LogP contribution in [0.3, 0.4) is 0 Å². The Labute approximate surface area is 749 Å². The van der Waals surface area contributed by atoms with E-state index >= 15 is 0 Å². The molecule has 0 amide bonds. The fourth-order valence-electron chi connectivity index (χ4n) is 19.8. The van der Waals surface area contributed by atoms with Crippen molar-refractivity contribution in [3.05, 3.63) is 437 Å². The van der Waals surface area contributed by atoms with E-state index in [4.69, 9.17) is 44.9 Å². The van der Waals surface area contributed by atoms with Crippen LogP contribution in [0, 0.1) is 0 Å². The highest BCUT2D eigenvalue weighted by Gasteiger charge is 2.25. The molecule has 0 fully saturated rings. The number of rotatable bonds is 12. The largest absolute Gasteiger partial charge is 0.309 e. The zero-order valence-corrected chi connectivity index (χ0v) is 70.3. The number of benzene rings is 18. The second-order valence-electron chi connectivity index (χ2n) is 33.3. The van der Waals surface area contributed by atoms with Gasteiger partial charge in [0.2, 0.25) is 5.95 Å². The summed E-state index contributed by atoms with van der Waals surface area (Å²) in [6, 6.07) is 148. The first-order valence-corrected chi connectivity index (χ1v) is 44.0. The summed E-state index contributed by atoms with van der Waals surface area (Å²) in [5.41, 5.74) is 26.5. The molecular weight excluding hydrogens is 1600 g/mol. The maximum absolute atomic E-state index is 5.15. The fraction of sp³-hybridized carbons (Fsp3) is 0. The minimum Gasteiger partial charge on any atom is -0.309 e. The Kier molecular flexibility index (Phi) is 17.3. The summed E-state index contributed by atoms with van der Waals surface area (Å²) in [5, 5.41) is 16.2. The first-order valence-electron chi connectivity index (χ1n) is 44.0. The number of para-hydroxylation sites is 6. The Morgan fingerprint density at radius 3 is 1.03 bits per heavy atom. The van der Waals surface area contributed by atoms with Crippen molar-refractivity contribution < 1.29 is 0 Å². The molecule has 14 heteroatoms. The molecule has 0 saturated carbocycles. The summed E-state index contributed by atoms with van der Waals surface area (Å²) in [6.07, 6.45) is 5.56. The van der Waals surface area contributed by atoms with Gasteiger partial charge in [-0.2, -0.15) is 9.97 Å². The SMILES string of the molecule is c1ccc(-c2nc(-c3ccccc3)nc(-c3cc4cc(-n5c6ccccc6c6cc(-c7ccc8c(c7)c7ccccc7n8-c7ccc8c(ccc9cccnc98)c7)ccc65)ccc4c4ncccc34)n2)cc1.c1ccc(-c2nc(-c3ccccc3)nc(-n3cnc4c(-n5c6ccccc6c6cc(-c7ccc8c(c7)c7ccccc7n8-c7ccccc7)ccc65)cccc43)n2)cc1. The normalized spacial score (nSPS) is 11.8. The van der Waals surface area contributed by atoms with E-state index in [-0.39, 0.29) is 0 Å². The summed E-state index contributed by atoms with van der Waals surface area (Å²) < 4.78 is 11.4. The highest BCUT2D eigenvalue weighted by Crippen LogP contribution is 2.45. The van der Waals surface area contributed by atoms with Crippen molar-refractivity contribution in [1.82, 2.24) is 67.7 Å². The van der Waals surface area contributed by atoms with Gasteiger partial charge in [0.25, 0.3) is 0 Å². The number of nitrogens with zero attached hydrogens (tertiary/aromatic N) is 14. The molecule has 0 saturated heterocycles. The van der Waals surface area contributed by atoms with Crippen LogP contribution in [0.15, 0.2) is 437 Å². The predicted molar refractivity (Wildman–Crippen MR) is 535 cm³/mol. The van der Waals surface area contributed by atoms with Gasteiger partial charge in [0.15, 0.2) is 29.1 Å². The Balaban J connectivity index is 0.000000140. The van der Waals surface area contributed by atoms with Gasteiger partial charge in [0, 0.05) is 122 Å². The highest BCUT2D eigenvalue weighted by molar-refractivity contribution is 6.18. The summed E-state index contributed by atoms with van der Waals surface area (Å²) in [5.74, 6) is 3.55. The Bertz CT molecular complexity index is 9190. The molecule has 9 heterocycles. The zero-order valence-electron chi connectivity index (χ0n) is 70.3. The lowest BCUT2D eigenvalue weighted by Crippen LogP contribution is -2.05. The molecule has 0 aliphatic rings. The van der Waals surface area contributed by atoms with Gasteiger partial charge in [-0.1, -0.05) is 279 Å². The van der Waals surface area contributed by atoms with Gasteiger partial charge in [0.1, 0.15) is 11.8 Å². The van der Waals surface area contributed by atoms with Gasteiger partial charge in [0.05, 0.1) is 66.4 Å². The van der Waals surface area contributed by atoms with Gasteiger partial charge >= 0.3 is 0 Å². The predicted octanol–water partition coefficient (Wildman–Crippen LogP) is 28.5. The van der Waals surface area contributed by atoms with Crippen LogP contribution in [0.25, 0.3) is 249 Å². The van der Waals surface area contributed by atoms with Crippen LogP contribution < -0.4 is 0 Å². The van der Waals surface area contributed by atoms with E-state index in [1.807, 2.05) is 157 Å². The highest BCUT2D eigenvalue weighted by atomic mass is 15.2. The van der Waals surface area contributed by atoms with E-state index in [0.717, 1.165) is 127 Å². The molecule has 0 aliphatic carbocycles. The molecule has 14 nitrogen and oxygen atoms in total. The monoisotopic (exact) mass is 1670 g/mol. The summed E-state index contributed by atoms with van der Waals surface area (Å²) in [4.78, 5) is 44.9. The molecule has 610 valence electrons. The molecule has 27 aromatic rings. The molecule has 9 aromatic heterocycles. The number of fused-ring (bicyclic) bond motifs is 19. The lowest BCUT2D eigenvalue weighted by Gasteiger charge is -2.14. The molecule has 0 N–H and O–H groups in total. The minimum absolute atomic E-state index is 0.507. The van der Waals surface area contributed by atoms with Crippen molar-refractivity contribution in [2.45, 2.75) is 0 Å². The van der Waals surface area contributed by atoms with E-state index < -0.39 is 0 Å². The Hall–Kier alpha value is -18.0. The zero-order chi connectivity index (χ0) is 86.1. The van der Waals surface area contributed by atoms with Gasteiger partial charge in [-0.05, 0) is 173 Å². The third kappa shape index (κ3) is 12.4. The second kappa shape index (κ2) is 30.4. The molecule has 18 aromatic carbocycles. The quantitative estimate of drug-likeness (QED) is 0.109. The Morgan fingerprint density at radius 1 is 0.176 bits per heavy atom. The molecular formula is C117H72N14. The van der Waals surface area contributed by atoms with E-state index in [1.54, 1.807) is 0 Å². The van der Waals surface area contributed by atoms with Crippen LogP contribution in [-0.4, -0.2) is 67.7 Å². The van der Waals surface area contributed by atoms with Crippen LogP contribution in [0.1, 0.15) is 0 Å². The average Bonchev–Trinajstić information content (AvgIpc) is 1.72. The van der Waals surface area contributed by atoms with Gasteiger partial charge in [-0.3, -0.25) is 14.5 Å². The molecule has 0 unspecified atom stereocenters. The number of aromatic nitrogens is 14. The molecule has 0 atom stereocenters. The fourth-order valence-corrected chi connectivity index (χ4v) is 19.8. The van der Waals surface area contributed by atoms with E-state index in [0.29, 0.717) is 35.1 Å². The number of imidazole rings is 1. The molecule has 27 rings (SSSR count). The van der Waals surface area contributed by atoms with Crippen LogP contribution in [-0.2, 0) is 0 Å². The topological polar surface area (TPSA) is 141 Å². The molecule has 131 heavy (non-hydrogen) atoms. The molecule has 0 aliphatic heterocycles. The maximum Gasteiger partial charge on any atom is 0.239 e. The van der Waals surface area contributed by atoms with Gasteiger partial charge in [-0.15, -0.1) is 0 Å². The van der Waals surface area contributed by atoms with Crippen LogP contribution in [0.2, 0.25) is 0 Å².